The van der Waals surface area contributed by atoms with Gasteiger partial charge >= 0.3 is 0 Å². The molecule has 0 spiro atoms. The van der Waals surface area contributed by atoms with Crippen LogP contribution in [-0.4, -0.2) is 15.2 Å². The minimum atomic E-state index is -0.165. The Kier molecular flexibility index (Phi) is 1.85. The Morgan fingerprint density at radius 1 is 1.43 bits per heavy atom. The van der Waals surface area contributed by atoms with E-state index in [2.05, 4.69) is 15.2 Å². The van der Waals surface area contributed by atoms with Crippen molar-refractivity contribution in [3.8, 4) is 11.3 Å². The average Bonchev–Trinajstić information content (AvgIpc) is 2.56. The summed E-state index contributed by atoms with van der Waals surface area (Å²) in [6, 6.07) is 3.40. The van der Waals surface area contributed by atoms with Crippen LogP contribution in [0.1, 0.15) is 5.56 Å². The molecule has 0 saturated heterocycles. The van der Waals surface area contributed by atoms with E-state index in [-0.39, 0.29) is 5.56 Å². The van der Waals surface area contributed by atoms with Crippen molar-refractivity contribution < 1.29 is 0 Å². The quantitative estimate of drug-likeness (QED) is 0.617. The SMILES string of the molecule is Cc1c[nH]c(=O)c(-c2cc(N)[nH]n2)c1. The standard InChI is InChI=1S/C9H10N4O/c1-5-2-6(9(14)11-4-5)7-3-8(10)13-12-7/h2-4H,1H3,(H,11,14)(H3,10,12,13). The van der Waals surface area contributed by atoms with E-state index in [0.717, 1.165) is 5.56 Å². The summed E-state index contributed by atoms with van der Waals surface area (Å²) >= 11 is 0. The molecular formula is C9H10N4O. The molecular weight excluding hydrogens is 180 g/mol. The van der Waals surface area contributed by atoms with Crippen molar-refractivity contribution in [3.63, 3.8) is 0 Å². The molecule has 5 heteroatoms. The van der Waals surface area contributed by atoms with Crippen molar-refractivity contribution in [2.24, 2.45) is 0 Å². The van der Waals surface area contributed by atoms with Crippen LogP contribution >= 0.6 is 0 Å². The molecule has 0 unspecified atom stereocenters. The molecule has 0 bridgehead atoms. The number of aromatic nitrogens is 3. The number of anilines is 1. The molecule has 14 heavy (non-hydrogen) atoms. The zero-order valence-electron chi connectivity index (χ0n) is 7.66. The van der Waals surface area contributed by atoms with Crippen LogP contribution in [0.3, 0.4) is 0 Å². The van der Waals surface area contributed by atoms with E-state index in [1.807, 2.05) is 6.92 Å². The smallest absolute Gasteiger partial charge is 0.257 e. The van der Waals surface area contributed by atoms with Gasteiger partial charge in [0.15, 0.2) is 0 Å². The van der Waals surface area contributed by atoms with E-state index in [4.69, 9.17) is 5.73 Å². The first-order valence-electron chi connectivity index (χ1n) is 4.17. The summed E-state index contributed by atoms with van der Waals surface area (Å²) in [5, 5.41) is 6.51. The molecule has 2 aromatic heterocycles. The molecule has 0 amide bonds. The largest absolute Gasteiger partial charge is 0.384 e. The highest BCUT2D eigenvalue weighted by atomic mass is 16.1. The number of hydrogen-bond acceptors (Lipinski definition) is 3. The summed E-state index contributed by atoms with van der Waals surface area (Å²) in [6.07, 6.45) is 1.65. The molecule has 0 radical (unpaired) electrons. The summed E-state index contributed by atoms with van der Waals surface area (Å²) in [5.41, 5.74) is 7.37. The third kappa shape index (κ3) is 1.39. The fraction of sp³-hybridized carbons (Fsp3) is 0.111. The molecule has 5 nitrogen and oxygen atoms in total. The first-order chi connectivity index (χ1) is 6.66. The van der Waals surface area contributed by atoms with Gasteiger partial charge in [0.2, 0.25) is 0 Å². The molecule has 2 heterocycles. The van der Waals surface area contributed by atoms with Crippen molar-refractivity contribution in [3.05, 3.63) is 34.2 Å². The summed E-state index contributed by atoms with van der Waals surface area (Å²) in [5.74, 6) is 0.445. The molecule has 4 N–H and O–H groups in total. The van der Waals surface area contributed by atoms with E-state index in [1.54, 1.807) is 18.3 Å². The Hall–Kier alpha value is -2.04. The second-order valence-electron chi connectivity index (χ2n) is 3.13. The number of pyridine rings is 1. The lowest BCUT2D eigenvalue weighted by molar-refractivity contribution is 1.09. The highest BCUT2D eigenvalue weighted by molar-refractivity contribution is 5.61. The normalized spacial score (nSPS) is 10.4. The maximum absolute atomic E-state index is 11.4. The number of nitrogen functional groups attached to an aromatic ring is 1. The van der Waals surface area contributed by atoms with E-state index in [0.29, 0.717) is 17.1 Å². The Labute approximate surface area is 80.0 Å². The number of nitrogens with zero attached hydrogens (tertiary/aromatic N) is 1. The van der Waals surface area contributed by atoms with Gasteiger partial charge in [0.1, 0.15) is 5.82 Å². The van der Waals surface area contributed by atoms with Crippen LogP contribution in [-0.2, 0) is 0 Å². The maximum atomic E-state index is 11.4. The van der Waals surface area contributed by atoms with Crippen LogP contribution < -0.4 is 11.3 Å². The lowest BCUT2D eigenvalue weighted by Crippen LogP contribution is -2.08. The van der Waals surface area contributed by atoms with Crippen molar-refractivity contribution in [2.45, 2.75) is 6.92 Å². The average molecular weight is 190 g/mol. The van der Waals surface area contributed by atoms with Crippen LogP contribution in [0.25, 0.3) is 11.3 Å². The van der Waals surface area contributed by atoms with Gasteiger partial charge in [0, 0.05) is 12.3 Å². The Bertz CT molecular complexity index is 512. The molecule has 0 saturated carbocycles. The van der Waals surface area contributed by atoms with Gasteiger partial charge in [0.05, 0.1) is 11.3 Å². The number of aromatic amines is 2. The van der Waals surface area contributed by atoms with Crippen LogP contribution in [0.4, 0.5) is 5.82 Å². The summed E-state index contributed by atoms with van der Waals surface area (Å²) < 4.78 is 0. The first-order valence-corrected chi connectivity index (χ1v) is 4.17. The monoisotopic (exact) mass is 190 g/mol. The number of aryl methyl sites for hydroxylation is 1. The van der Waals surface area contributed by atoms with Crippen molar-refractivity contribution >= 4 is 5.82 Å². The molecule has 2 aromatic rings. The number of rotatable bonds is 1. The highest BCUT2D eigenvalue weighted by Crippen LogP contribution is 2.14. The fourth-order valence-corrected chi connectivity index (χ4v) is 1.26. The van der Waals surface area contributed by atoms with Gasteiger partial charge in [-0.1, -0.05) is 0 Å². The van der Waals surface area contributed by atoms with Gasteiger partial charge in [-0.15, -0.1) is 0 Å². The van der Waals surface area contributed by atoms with Crippen molar-refractivity contribution in [1.82, 2.24) is 15.2 Å². The second kappa shape index (κ2) is 3.02. The Balaban J connectivity index is 2.61. The van der Waals surface area contributed by atoms with Gasteiger partial charge < -0.3 is 10.7 Å². The van der Waals surface area contributed by atoms with Gasteiger partial charge in [-0.2, -0.15) is 5.10 Å². The zero-order chi connectivity index (χ0) is 10.1. The summed E-state index contributed by atoms with van der Waals surface area (Å²) in [6.45, 7) is 1.90. The fourth-order valence-electron chi connectivity index (χ4n) is 1.26. The van der Waals surface area contributed by atoms with Crippen LogP contribution in [0.5, 0.6) is 0 Å². The molecule has 0 atom stereocenters. The minimum absolute atomic E-state index is 0.165. The zero-order valence-corrected chi connectivity index (χ0v) is 7.66. The first kappa shape index (κ1) is 8.55. The molecule has 0 aliphatic rings. The lowest BCUT2D eigenvalue weighted by Gasteiger charge is -1.96. The van der Waals surface area contributed by atoms with E-state index in [1.165, 1.54) is 0 Å². The molecule has 2 rings (SSSR count). The molecule has 0 aromatic carbocycles. The predicted octanol–water partition coefficient (Wildman–Crippen LogP) is 0.656. The van der Waals surface area contributed by atoms with Gasteiger partial charge in [-0.05, 0) is 18.6 Å². The van der Waals surface area contributed by atoms with Crippen LogP contribution in [0.2, 0.25) is 0 Å². The molecule has 0 fully saturated rings. The van der Waals surface area contributed by atoms with Gasteiger partial charge in [-0.3, -0.25) is 9.89 Å². The Morgan fingerprint density at radius 2 is 2.21 bits per heavy atom. The topological polar surface area (TPSA) is 87.6 Å². The number of nitrogens with two attached hydrogens (primary N) is 1. The summed E-state index contributed by atoms with van der Waals surface area (Å²) in [4.78, 5) is 14.1. The molecule has 72 valence electrons. The Morgan fingerprint density at radius 3 is 2.86 bits per heavy atom. The van der Waals surface area contributed by atoms with Crippen LogP contribution in [0.15, 0.2) is 23.1 Å². The third-order valence-electron chi connectivity index (χ3n) is 1.92. The second-order valence-corrected chi connectivity index (χ2v) is 3.13. The van der Waals surface area contributed by atoms with E-state index >= 15 is 0 Å². The van der Waals surface area contributed by atoms with Gasteiger partial charge in [0.25, 0.3) is 5.56 Å². The number of hydrogen-bond donors (Lipinski definition) is 3. The lowest BCUT2D eigenvalue weighted by atomic mass is 10.1. The minimum Gasteiger partial charge on any atom is -0.384 e. The number of H-pyrrole nitrogens is 2. The molecule has 0 aliphatic heterocycles. The summed E-state index contributed by atoms with van der Waals surface area (Å²) in [7, 11) is 0. The van der Waals surface area contributed by atoms with Crippen LogP contribution in [0, 0.1) is 6.92 Å². The van der Waals surface area contributed by atoms with Crippen molar-refractivity contribution in [1.29, 1.82) is 0 Å². The van der Waals surface area contributed by atoms with E-state index in [9.17, 15) is 4.79 Å². The molecule has 0 aliphatic carbocycles. The maximum Gasteiger partial charge on any atom is 0.257 e. The van der Waals surface area contributed by atoms with Gasteiger partial charge in [-0.25, -0.2) is 0 Å². The third-order valence-corrected chi connectivity index (χ3v) is 1.92. The number of nitrogens with one attached hydrogen (secondary N) is 2. The van der Waals surface area contributed by atoms with Crippen molar-refractivity contribution in [2.75, 3.05) is 5.73 Å². The predicted molar refractivity (Wildman–Crippen MR) is 53.8 cm³/mol. The van der Waals surface area contributed by atoms with E-state index < -0.39 is 0 Å². The highest BCUT2D eigenvalue weighted by Gasteiger charge is 2.06.